The second kappa shape index (κ2) is 10.5. The standard InChI is InChI=1S/C22H24N8OS2/c1-2-17(14-8-4-3-5-9-14)26-27-21-28-29-22(30(21)24)32-13-19(31)25-20-16(12-23)15-10-6-7-11-18(15)33-20/h3-5,8-9H,2,6-7,10-11,13,24H2,1H3,(H,25,31)(H,27,28)/b26-17+. The number of benzene rings is 1. The van der Waals surface area contributed by atoms with Crippen LogP contribution in [0.25, 0.3) is 0 Å². The summed E-state index contributed by atoms with van der Waals surface area (Å²) in [5.41, 5.74) is 6.42. The van der Waals surface area contributed by atoms with Crippen molar-refractivity contribution >= 4 is 45.7 Å². The van der Waals surface area contributed by atoms with Gasteiger partial charge in [-0.05, 0) is 43.2 Å². The smallest absolute Gasteiger partial charge is 0.264 e. The van der Waals surface area contributed by atoms with Crippen molar-refractivity contribution in [3.63, 3.8) is 0 Å². The number of aryl methyl sites for hydroxylation is 1. The van der Waals surface area contributed by atoms with Gasteiger partial charge in [-0.25, -0.2) is 10.1 Å². The Bertz CT molecular complexity index is 1210. The Balaban J connectivity index is 1.37. The monoisotopic (exact) mass is 480 g/mol. The summed E-state index contributed by atoms with van der Waals surface area (Å²) in [5, 5.41) is 25.9. The average molecular weight is 481 g/mol. The Morgan fingerprint density at radius 3 is 2.85 bits per heavy atom. The van der Waals surface area contributed by atoms with Crippen molar-refractivity contribution in [3.05, 3.63) is 51.9 Å². The van der Waals surface area contributed by atoms with Crippen LogP contribution < -0.4 is 16.6 Å². The third kappa shape index (κ3) is 5.18. The molecule has 4 N–H and O–H groups in total. The second-order valence-corrected chi connectivity index (χ2v) is 9.48. The lowest BCUT2D eigenvalue weighted by Crippen LogP contribution is -2.17. The van der Waals surface area contributed by atoms with Crippen molar-refractivity contribution in [3.8, 4) is 6.07 Å². The molecule has 1 aromatic carbocycles. The average Bonchev–Trinajstić information content (AvgIpc) is 3.37. The van der Waals surface area contributed by atoms with Gasteiger partial charge >= 0.3 is 0 Å². The van der Waals surface area contributed by atoms with E-state index >= 15 is 0 Å². The molecule has 2 aromatic heterocycles. The summed E-state index contributed by atoms with van der Waals surface area (Å²) in [5.74, 6) is 6.24. The van der Waals surface area contributed by atoms with Crippen LogP contribution in [0.3, 0.4) is 0 Å². The van der Waals surface area contributed by atoms with E-state index in [0.29, 0.717) is 15.7 Å². The third-order valence-corrected chi connectivity index (χ3v) is 7.42. The van der Waals surface area contributed by atoms with E-state index in [4.69, 9.17) is 5.84 Å². The van der Waals surface area contributed by atoms with Crippen LogP contribution in [0.4, 0.5) is 10.9 Å². The molecule has 1 aliphatic rings. The number of hydrogen-bond acceptors (Lipinski definition) is 9. The first kappa shape index (κ1) is 22.8. The van der Waals surface area contributed by atoms with Gasteiger partial charge in [0.1, 0.15) is 11.1 Å². The number of anilines is 2. The number of nitrogens with one attached hydrogen (secondary N) is 2. The van der Waals surface area contributed by atoms with Crippen LogP contribution >= 0.6 is 23.1 Å². The summed E-state index contributed by atoms with van der Waals surface area (Å²) in [6, 6.07) is 12.1. The van der Waals surface area contributed by atoms with Crippen LogP contribution in [-0.4, -0.2) is 32.2 Å². The van der Waals surface area contributed by atoms with Gasteiger partial charge in [-0.1, -0.05) is 49.0 Å². The number of nitriles is 1. The van der Waals surface area contributed by atoms with Gasteiger partial charge in [-0.15, -0.1) is 21.5 Å². The Morgan fingerprint density at radius 1 is 1.30 bits per heavy atom. The van der Waals surface area contributed by atoms with Crippen molar-refractivity contribution in [2.75, 3.05) is 22.3 Å². The van der Waals surface area contributed by atoms with Gasteiger partial charge in [-0.3, -0.25) is 4.79 Å². The SMILES string of the molecule is CC/C(=N\Nc1nnc(SCC(=O)Nc2sc3c(c2C#N)CCCC3)n1N)c1ccccc1. The van der Waals surface area contributed by atoms with Crippen LogP contribution in [0.1, 0.15) is 47.8 Å². The quantitative estimate of drug-likeness (QED) is 0.193. The summed E-state index contributed by atoms with van der Waals surface area (Å²) in [4.78, 5) is 13.7. The highest BCUT2D eigenvalue weighted by molar-refractivity contribution is 7.99. The minimum atomic E-state index is -0.219. The van der Waals surface area contributed by atoms with Gasteiger partial charge in [0.15, 0.2) is 0 Å². The molecular weight excluding hydrogens is 456 g/mol. The van der Waals surface area contributed by atoms with E-state index in [1.54, 1.807) is 0 Å². The van der Waals surface area contributed by atoms with E-state index < -0.39 is 0 Å². The van der Waals surface area contributed by atoms with Crippen molar-refractivity contribution in [2.24, 2.45) is 5.10 Å². The minimum absolute atomic E-state index is 0.0935. The van der Waals surface area contributed by atoms with E-state index in [1.807, 2.05) is 37.3 Å². The number of carbonyl (C=O) groups is 1. The maximum Gasteiger partial charge on any atom is 0.264 e. The Kier molecular flexibility index (Phi) is 7.26. The van der Waals surface area contributed by atoms with Crippen molar-refractivity contribution in [1.29, 1.82) is 5.26 Å². The van der Waals surface area contributed by atoms with Crippen LogP contribution in [0, 0.1) is 11.3 Å². The highest BCUT2D eigenvalue weighted by Crippen LogP contribution is 2.37. The molecule has 3 aromatic rings. The number of rotatable bonds is 8. The zero-order valence-electron chi connectivity index (χ0n) is 18.2. The Labute approximate surface area is 200 Å². The predicted octanol–water partition coefficient (Wildman–Crippen LogP) is 3.76. The van der Waals surface area contributed by atoms with Crippen LogP contribution in [0.2, 0.25) is 0 Å². The number of nitrogens with two attached hydrogens (primary N) is 1. The lowest BCUT2D eigenvalue weighted by molar-refractivity contribution is -0.113. The molecule has 11 heteroatoms. The molecule has 0 aliphatic heterocycles. The summed E-state index contributed by atoms with van der Waals surface area (Å²) < 4.78 is 1.27. The second-order valence-electron chi connectivity index (χ2n) is 7.43. The number of amides is 1. The first-order valence-corrected chi connectivity index (χ1v) is 12.5. The number of fused-ring (bicyclic) bond motifs is 1. The van der Waals surface area contributed by atoms with Gasteiger partial charge in [0.2, 0.25) is 11.1 Å². The Hall–Kier alpha value is -3.36. The molecule has 0 spiro atoms. The van der Waals surface area contributed by atoms with E-state index in [2.05, 4.69) is 32.1 Å². The number of carbonyl (C=O) groups excluding carboxylic acids is 1. The predicted molar refractivity (Wildman–Crippen MR) is 132 cm³/mol. The highest BCUT2D eigenvalue weighted by Gasteiger charge is 2.22. The summed E-state index contributed by atoms with van der Waals surface area (Å²) in [6.45, 7) is 2.02. The molecule has 2 heterocycles. The summed E-state index contributed by atoms with van der Waals surface area (Å²) >= 11 is 2.67. The van der Waals surface area contributed by atoms with Gasteiger partial charge in [0.25, 0.3) is 5.95 Å². The molecule has 0 unspecified atom stereocenters. The molecule has 4 rings (SSSR count). The number of hydrazone groups is 1. The number of thioether (sulfide) groups is 1. The topological polar surface area (TPSA) is 134 Å². The van der Waals surface area contributed by atoms with Crippen molar-refractivity contribution in [1.82, 2.24) is 14.9 Å². The highest BCUT2D eigenvalue weighted by atomic mass is 32.2. The number of aromatic nitrogens is 3. The minimum Gasteiger partial charge on any atom is -0.334 e. The normalized spacial score (nSPS) is 13.3. The van der Waals surface area contributed by atoms with E-state index in [9.17, 15) is 10.1 Å². The molecule has 0 saturated carbocycles. The van der Waals surface area contributed by atoms with Gasteiger partial charge in [0.05, 0.1) is 17.0 Å². The zero-order chi connectivity index (χ0) is 23.2. The van der Waals surface area contributed by atoms with Gasteiger partial charge in [0, 0.05) is 4.88 Å². The van der Waals surface area contributed by atoms with Crippen LogP contribution in [0.15, 0.2) is 40.6 Å². The van der Waals surface area contributed by atoms with Crippen LogP contribution in [-0.2, 0) is 17.6 Å². The number of thiophene rings is 1. The first-order chi connectivity index (χ1) is 16.1. The third-order valence-electron chi connectivity index (χ3n) is 5.27. The molecule has 1 amide bonds. The fourth-order valence-electron chi connectivity index (χ4n) is 3.61. The molecular formula is C22H24N8OS2. The lowest BCUT2D eigenvalue weighted by atomic mass is 9.96. The molecule has 9 nitrogen and oxygen atoms in total. The van der Waals surface area contributed by atoms with Gasteiger partial charge < -0.3 is 11.2 Å². The molecule has 0 fully saturated rings. The number of hydrogen-bond donors (Lipinski definition) is 3. The maximum atomic E-state index is 12.5. The lowest BCUT2D eigenvalue weighted by Gasteiger charge is -2.09. The van der Waals surface area contributed by atoms with Gasteiger partial charge in [-0.2, -0.15) is 10.4 Å². The molecule has 170 valence electrons. The molecule has 0 radical (unpaired) electrons. The fourth-order valence-corrected chi connectivity index (χ4v) is 5.52. The first-order valence-electron chi connectivity index (χ1n) is 10.7. The molecule has 33 heavy (non-hydrogen) atoms. The fraction of sp³-hybridized carbons (Fsp3) is 0.318. The molecule has 0 bridgehead atoms. The summed E-state index contributed by atoms with van der Waals surface area (Å²) in [6.07, 6.45) is 4.81. The van der Waals surface area contributed by atoms with Crippen molar-refractivity contribution in [2.45, 2.75) is 44.2 Å². The number of nitrogens with zero attached hydrogens (tertiary/aromatic N) is 5. The molecule has 0 saturated heterocycles. The zero-order valence-corrected chi connectivity index (χ0v) is 19.8. The van der Waals surface area contributed by atoms with Crippen LogP contribution in [0.5, 0.6) is 0 Å². The van der Waals surface area contributed by atoms with Crippen molar-refractivity contribution < 1.29 is 4.79 Å². The molecule has 0 atom stereocenters. The number of nitrogen functional groups attached to an aromatic ring is 1. The maximum absolute atomic E-state index is 12.5. The largest absolute Gasteiger partial charge is 0.334 e. The molecule has 1 aliphatic carbocycles. The van der Waals surface area contributed by atoms with E-state index in [0.717, 1.165) is 48.9 Å². The van der Waals surface area contributed by atoms with E-state index in [1.165, 1.54) is 32.7 Å². The summed E-state index contributed by atoms with van der Waals surface area (Å²) in [7, 11) is 0. The van der Waals surface area contributed by atoms with E-state index in [-0.39, 0.29) is 17.6 Å². The Morgan fingerprint density at radius 2 is 2.09 bits per heavy atom.